The van der Waals surface area contributed by atoms with Gasteiger partial charge in [-0.05, 0) is 70.6 Å². The number of hydrogen-bond acceptors (Lipinski definition) is 1. The van der Waals surface area contributed by atoms with Gasteiger partial charge in [0.05, 0.1) is 0 Å². The predicted molar refractivity (Wildman–Crippen MR) is 115 cm³/mol. The van der Waals surface area contributed by atoms with Gasteiger partial charge >= 0.3 is 57.4 Å². The number of rotatable bonds is 4. The molecule has 2 aliphatic rings. The molecule has 0 aromatic heterocycles. The summed E-state index contributed by atoms with van der Waals surface area (Å²) in [7, 11) is 0. The molecule has 0 unspecified atom stereocenters. The van der Waals surface area contributed by atoms with Crippen molar-refractivity contribution >= 4 is 57.4 Å². The molecular formula is C24H33KO2. The summed E-state index contributed by atoms with van der Waals surface area (Å²) >= 11 is 0. The third-order valence-corrected chi connectivity index (χ3v) is 6.76. The summed E-state index contributed by atoms with van der Waals surface area (Å²) < 4.78 is 0. The summed E-state index contributed by atoms with van der Waals surface area (Å²) in [5.41, 5.74) is 5.91. The molecular weight excluding hydrogens is 359 g/mol. The van der Waals surface area contributed by atoms with Crippen LogP contribution in [0.15, 0.2) is 42.0 Å². The quantitative estimate of drug-likeness (QED) is 0.431. The summed E-state index contributed by atoms with van der Waals surface area (Å²) in [4.78, 5) is 10.8. The van der Waals surface area contributed by atoms with Crippen molar-refractivity contribution in [3.63, 3.8) is 0 Å². The van der Waals surface area contributed by atoms with Crippen molar-refractivity contribution in [2.24, 2.45) is 5.92 Å². The van der Waals surface area contributed by atoms with Crippen molar-refractivity contribution in [1.82, 2.24) is 0 Å². The molecule has 0 bridgehead atoms. The third-order valence-electron chi connectivity index (χ3n) is 6.76. The number of allylic oxidation sites excluding steroid dienone is 3. The van der Waals surface area contributed by atoms with Gasteiger partial charge in [0.15, 0.2) is 0 Å². The number of carbonyl (C=O) groups is 1. The van der Waals surface area contributed by atoms with Crippen LogP contribution in [0.5, 0.6) is 0 Å². The van der Waals surface area contributed by atoms with E-state index in [4.69, 9.17) is 5.11 Å². The topological polar surface area (TPSA) is 37.3 Å². The molecule has 1 aromatic carbocycles. The molecule has 0 amide bonds. The first-order valence-electron chi connectivity index (χ1n) is 9.71. The summed E-state index contributed by atoms with van der Waals surface area (Å²) in [6.45, 7) is 13.6. The Hall–Kier alpha value is -0.194. The zero-order valence-electron chi connectivity index (χ0n) is 17.0. The second-order valence-electron chi connectivity index (χ2n) is 9.84. The fourth-order valence-electron chi connectivity index (χ4n) is 4.46. The van der Waals surface area contributed by atoms with Crippen LogP contribution in [-0.4, -0.2) is 62.5 Å². The van der Waals surface area contributed by atoms with E-state index in [1.54, 1.807) is 0 Å². The van der Waals surface area contributed by atoms with Gasteiger partial charge in [-0.1, -0.05) is 65.0 Å². The van der Waals surface area contributed by atoms with E-state index >= 15 is 0 Å². The standard InChI is InChI=1S/C24H32O2.K.H/c1-16(13-21(25)26)7-8-18-15-24(18,6)17-9-10-19-20(14-17)23(4,5)12-11-22(19,2)3;;/h7-10,13-14,18H,11-12,15H2,1-6H3,(H,25,26);;/b8-7+,16-13+;;/t18-,24-;;/m1../s1. The first-order chi connectivity index (χ1) is 12.0. The molecule has 1 saturated carbocycles. The van der Waals surface area contributed by atoms with E-state index in [1.807, 2.05) is 13.0 Å². The molecule has 1 fully saturated rings. The molecule has 0 heterocycles. The van der Waals surface area contributed by atoms with Crippen LogP contribution >= 0.6 is 0 Å². The van der Waals surface area contributed by atoms with Crippen molar-refractivity contribution in [2.75, 3.05) is 0 Å². The zero-order valence-corrected chi connectivity index (χ0v) is 17.0. The van der Waals surface area contributed by atoms with Crippen molar-refractivity contribution < 1.29 is 9.90 Å². The number of aliphatic carboxylic acids is 1. The number of hydrogen-bond donors (Lipinski definition) is 1. The van der Waals surface area contributed by atoms with Gasteiger partial charge in [-0.3, -0.25) is 0 Å². The fraction of sp³-hybridized carbons (Fsp3) is 0.542. The minimum absolute atomic E-state index is 0. The Morgan fingerprint density at radius 2 is 1.67 bits per heavy atom. The van der Waals surface area contributed by atoms with E-state index in [0.717, 1.165) is 12.0 Å². The Morgan fingerprint density at radius 1 is 1.07 bits per heavy atom. The van der Waals surface area contributed by atoms with Crippen LogP contribution in [0, 0.1) is 5.92 Å². The monoisotopic (exact) mass is 392 g/mol. The average molecular weight is 393 g/mol. The number of carboxylic acid groups (broad SMARTS) is 1. The van der Waals surface area contributed by atoms with Gasteiger partial charge in [-0.15, -0.1) is 0 Å². The molecule has 0 saturated heterocycles. The van der Waals surface area contributed by atoms with Gasteiger partial charge in [0.1, 0.15) is 0 Å². The number of benzene rings is 1. The second-order valence-corrected chi connectivity index (χ2v) is 9.84. The summed E-state index contributed by atoms with van der Waals surface area (Å²) in [5.74, 6) is -0.400. The molecule has 142 valence electrons. The zero-order chi connectivity index (χ0) is 19.3. The molecule has 0 spiro atoms. The normalized spacial score (nSPS) is 28.4. The summed E-state index contributed by atoms with van der Waals surface area (Å²) in [5, 5.41) is 8.84. The molecule has 0 radical (unpaired) electrons. The number of carboxylic acids is 1. The maximum absolute atomic E-state index is 10.8. The van der Waals surface area contributed by atoms with Crippen LogP contribution in [-0.2, 0) is 21.0 Å². The van der Waals surface area contributed by atoms with Crippen LogP contribution in [0.3, 0.4) is 0 Å². The Morgan fingerprint density at radius 3 is 2.26 bits per heavy atom. The molecule has 1 aromatic rings. The molecule has 3 heteroatoms. The van der Waals surface area contributed by atoms with Crippen LogP contribution < -0.4 is 0 Å². The predicted octanol–water partition coefficient (Wildman–Crippen LogP) is 5.25. The molecule has 3 rings (SSSR count). The van der Waals surface area contributed by atoms with Crippen molar-refractivity contribution in [3.05, 3.63) is 58.7 Å². The van der Waals surface area contributed by atoms with E-state index < -0.39 is 5.97 Å². The van der Waals surface area contributed by atoms with Gasteiger partial charge in [0.25, 0.3) is 0 Å². The van der Waals surface area contributed by atoms with E-state index in [9.17, 15) is 4.79 Å². The Labute approximate surface area is 206 Å². The second kappa shape index (κ2) is 7.91. The molecule has 2 atom stereocenters. The molecule has 1 N–H and O–H groups in total. The first-order valence-corrected chi connectivity index (χ1v) is 9.71. The van der Waals surface area contributed by atoms with Gasteiger partial charge in [-0.25, -0.2) is 4.79 Å². The van der Waals surface area contributed by atoms with Gasteiger partial charge in [-0.2, -0.15) is 0 Å². The third kappa shape index (κ3) is 4.70. The van der Waals surface area contributed by atoms with E-state index in [1.165, 1.54) is 35.6 Å². The van der Waals surface area contributed by atoms with Crippen molar-refractivity contribution in [2.45, 2.75) is 77.0 Å². The van der Waals surface area contributed by atoms with Crippen LogP contribution in [0.25, 0.3) is 0 Å². The van der Waals surface area contributed by atoms with Gasteiger partial charge < -0.3 is 5.11 Å². The Balaban J connectivity index is 0.00000261. The Bertz CT molecular complexity index is 801. The van der Waals surface area contributed by atoms with Crippen molar-refractivity contribution in [1.29, 1.82) is 0 Å². The van der Waals surface area contributed by atoms with Gasteiger partial charge in [0, 0.05) is 6.08 Å². The maximum atomic E-state index is 10.8. The van der Waals surface area contributed by atoms with Crippen LogP contribution in [0.1, 0.15) is 77.5 Å². The summed E-state index contributed by atoms with van der Waals surface area (Å²) in [6.07, 6.45) is 9.00. The van der Waals surface area contributed by atoms with E-state index in [2.05, 4.69) is 58.9 Å². The Kier molecular flexibility index (Phi) is 6.76. The molecule has 2 aliphatic carbocycles. The molecule has 2 nitrogen and oxygen atoms in total. The van der Waals surface area contributed by atoms with Crippen LogP contribution in [0.2, 0.25) is 0 Å². The molecule has 27 heavy (non-hydrogen) atoms. The van der Waals surface area contributed by atoms with Gasteiger partial charge in [0.2, 0.25) is 0 Å². The SMILES string of the molecule is CC(/C=C/[C@@H]1C[C@]1(C)c1ccc2c(c1)C(C)(C)CCC2(C)C)=C\C(=O)O.[KH]. The number of fused-ring (bicyclic) bond motifs is 1. The molecule has 0 aliphatic heterocycles. The first kappa shape index (κ1) is 23.1. The van der Waals surface area contributed by atoms with Crippen molar-refractivity contribution in [3.8, 4) is 0 Å². The van der Waals surface area contributed by atoms with E-state index in [0.29, 0.717) is 5.92 Å². The minimum atomic E-state index is -0.884. The van der Waals surface area contributed by atoms with E-state index in [-0.39, 0.29) is 67.6 Å². The van der Waals surface area contributed by atoms with Crippen LogP contribution in [0.4, 0.5) is 0 Å². The average Bonchev–Trinajstić information content (AvgIpc) is 3.21. The summed E-state index contributed by atoms with van der Waals surface area (Å²) in [6, 6.07) is 7.16. The fourth-order valence-corrected chi connectivity index (χ4v) is 4.46.